The summed E-state index contributed by atoms with van der Waals surface area (Å²) < 4.78 is 1.73. The van der Waals surface area contributed by atoms with E-state index in [-0.39, 0.29) is 5.91 Å². The summed E-state index contributed by atoms with van der Waals surface area (Å²) in [5.74, 6) is -1.30. The van der Waals surface area contributed by atoms with Crippen molar-refractivity contribution in [2.75, 3.05) is 0 Å². The molecule has 1 aromatic heterocycles. The van der Waals surface area contributed by atoms with Crippen molar-refractivity contribution >= 4 is 11.9 Å². The number of amides is 1. The van der Waals surface area contributed by atoms with Crippen molar-refractivity contribution in [1.82, 2.24) is 15.1 Å². The molecular weight excluding hydrogens is 294 g/mol. The molecule has 0 bridgehead atoms. The van der Waals surface area contributed by atoms with Crippen molar-refractivity contribution < 1.29 is 14.7 Å². The van der Waals surface area contributed by atoms with E-state index in [4.69, 9.17) is 0 Å². The van der Waals surface area contributed by atoms with Crippen LogP contribution in [0.15, 0.2) is 36.5 Å². The van der Waals surface area contributed by atoms with E-state index in [1.807, 2.05) is 19.2 Å². The molecule has 0 radical (unpaired) electrons. The molecule has 2 N–H and O–H groups in total. The Morgan fingerprint density at radius 1 is 1.17 bits per heavy atom. The summed E-state index contributed by atoms with van der Waals surface area (Å²) in [6, 6.07) is 8.86. The SMILES string of the molecule is Cc1ccn(-c2ccc(C(=O)NC3(C(=O)O)CCCC3)cc2)n1. The molecule has 1 amide bonds. The summed E-state index contributed by atoms with van der Waals surface area (Å²) in [7, 11) is 0. The van der Waals surface area contributed by atoms with Gasteiger partial charge in [0.25, 0.3) is 5.91 Å². The number of rotatable bonds is 4. The molecule has 0 atom stereocenters. The van der Waals surface area contributed by atoms with Crippen LogP contribution in [-0.2, 0) is 4.79 Å². The summed E-state index contributed by atoms with van der Waals surface area (Å²) in [5.41, 5.74) is 1.10. The predicted molar refractivity (Wildman–Crippen MR) is 84.6 cm³/mol. The number of hydrogen-bond donors (Lipinski definition) is 2. The fraction of sp³-hybridized carbons (Fsp3) is 0.353. The van der Waals surface area contributed by atoms with Crippen molar-refractivity contribution in [3.8, 4) is 5.69 Å². The highest BCUT2D eigenvalue weighted by Gasteiger charge is 2.42. The lowest BCUT2D eigenvalue weighted by Crippen LogP contribution is -2.52. The first-order valence-electron chi connectivity index (χ1n) is 7.69. The number of aromatic nitrogens is 2. The van der Waals surface area contributed by atoms with E-state index in [1.165, 1.54) is 0 Å². The van der Waals surface area contributed by atoms with Gasteiger partial charge in [-0.25, -0.2) is 9.48 Å². The van der Waals surface area contributed by atoms with E-state index in [2.05, 4.69) is 10.4 Å². The number of nitrogens with zero attached hydrogens (tertiary/aromatic N) is 2. The van der Waals surface area contributed by atoms with E-state index in [0.29, 0.717) is 18.4 Å². The fourth-order valence-corrected chi connectivity index (χ4v) is 2.98. The quantitative estimate of drug-likeness (QED) is 0.907. The van der Waals surface area contributed by atoms with Crippen LogP contribution in [0.4, 0.5) is 0 Å². The number of carboxylic acid groups (broad SMARTS) is 1. The van der Waals surface area contributed by atoms with Crippen LogP contribution < -0.4 is 5.32 Å². The Labute approximate surface area is 134 Å². The Morgan fingerprint density at radius 2 is 1.83 bits per heavy atom. The van der Waals surface area contributed by atoms with Crippen LogP contribution in [-0.4, -0.2) is 32.3 Å². The van der Waals surface area contributed by atoms with Gasteiger partial charge in [0.15, 0.2) is 0 Å². The van der Waals surface area contributed by atoms with Crippen molar-refractivity contribution in [3.05, 3.63) is 47.8 Å². The molecule has 1 aliphatic rings. The summed E-state index contributed by atoms with van der Waals surface area (Å²) >= 11 is 0. The van der Waals surface area contributed by atoms with Crippen LogP contribution in [0, 0.1) is 6.92 Å². The van der Waals surface area contributed by atoms with Crippen LogP contribution >= 0.6 is 0 Å². The molecule has 0 aliphatic heterocycles. The molecule has 120 valence electrons. The lowest BCUT2D eigenvalue weighted by Gasteiger charge is -2.25. The van der Waals surface area contributed by atoms with Gasteiger partial charge >= 0.3 is 5.97 Å². The van der Waals surface area contributed by atoms with Crippen molar-refractivity contribution in [3.63, 3.8) is 0 Å². The Morgan fingerprint density at radius 3 is 2.35 bits per heavy atom. The maximum Gasteiger partial charge on any atom is 0.329 e. The number of carbonyl (C=O) groups excluding carboxylic acids is 1. The zero-order valence-electron chi connectivity index (χ0n) is 13.0. The molecule has 1 fully saturated rings. The van der Waals surface area contributed by atoms with Gasteiger partial charge in [0.2, 0.25) is 0 Å². The molecule has 1 heterocycles. The average molecular weight is 313 g/mol. The van der Waals surface area contributed by atoms with E-state index < -0.39 is 11.5 Å². The number of aryl methyl sites for hydroxylation is 1. The van der Waals surface area contributed by atoms with Gasteiger partial charge < -0.3 is 10.4 Å². The molecule has 23 heavy (non-hydrogen) atoms. The highest BCUT2D eigenvalue weighted by atomic mass is 16.4. The van der Waals surface area contributed by atoms with E-state index in [1.54, 1.807) is 28.9 Å². The van der Waals surface area contributed by atoms with Crippen molar-refractivity contribution in [2.45, 2.75) is 38.1 Å². The third-order valence-electron chi connectivity index (χ3n) is 4.34. The Balaban J connectivity index is 1.76. The third-order valence-corrected chi connectivity index (χ3v) is 4.34. The number of aliphatic carboxylic acids is 1. The average Bonchev–Trinajstić information content (AvgIpc) is 3.17. The molecule has 0 spiro atoms. The molecule has 2 aromatic rings. The van der Waals surface area contributed by atoms with Crippen LogP contribution in [0.1, 0.15) is 41.7 Å². The van der Waals surface area contributed by atoms with Gasteiger partial charge in [0.1, 0.15) is 5.54 Å². The molecule has 1 aliphatic carbocycles. The number of hydrogen-bond acceptors (Lipinski definition) is 3. The molecule has 0 saturated heterocycles. The molecule has 3 rings (SSSR count). The minimum atomic E-state index is -1.12. The Bertz CT molecular complexity index is 728. The van der Waals surface area contributed by atoms with E-state index in [9.17, 15) is 14.7 Å². The second-order valence-corrected chi connectivity index (χ2v) is 6.00. The first-order valence-corrected chi connectivity index (χ1v) is 7.69. The second-order valence-electron chi connectivity index (χ2n) is 6.00. The van der Waals surface area contributed by atoms with Gasteiger partial charge in [-0.2, -0.15) is 5.10 Å². The lowest BCUT2D eigenvalue weighted by atomic mass is 9.97. The maximum absolute atomic E-state index is 12.4. The minimum absolute atomic E-state index is 0.350. The van der Waals surface area contributed by atoms with Crippen LogP contribution in [0.3, 0.4) is 0 Å². The number of carboxylic acids is 1. The van der Waals surface area contributed by atoms with Crippen molar-refractivity contribution in [1.29, 1.82) is 0 Å². The molecule has 6 heteroatoms. The zero-order valence-corrected chi connectivity index (χ0v) is 13.0. The number of carbonyl (C=O) groups is 2. The molecule has 0 unspecified atom stereocenters. The number of nitrogens with one attached hydrogen (secondary N) is 1. The minimum Gasteiger partial charge on any atom is -0.480 e. The van der Waals surface area contributed by atoms with Crippen LogP contribution in [0.25, 0.3) is 5.69 Å². The highest BCUT2D eigenvalue weighted by molar-refractivity contribution is 5.98. The van der Waals surface area contributed by atoms with Gasteiger partial charge in [-0.1, -0.05) is 12.8 Å². The first kappa shape index (κ1) is 15.3. The van der Waals surface area contributed by atoms with Gasteiger partial charge in [-0.15, -0.1) is 0 Å². The van der Waals surface area contributed by atoms with E-state index in [0.717, 1.165) is 24.2 Å². The normalized spacial score (nSPS) is 16.2. The Hall–Kier alpha value is -2.63. The second kappa shape index (κ2) is 5.87. The van der Waals surface area contributed by atoms with Gasteiger partial charge in [-0.3, -0.25) is 4.79 Å². The molecular formula is C17H19N3O3. The predicted octanol–water partition coefficient (Wildman–Crippen LogP) is 2.31. The summed E-state index contributed by atoms with van der Waals surface area (Å²) in [5, 5.41) is 16.5. The smallest absolute Gasteiger partial charge is 0.329 e. The maximum atomic E-state index is 12.4. The van der Waals surface area contributed by atoms with Gasteiger partial charge in [0.05, 0.1) is 11.4 Å². The summed E-state index contributed by atoms with van der Waals surface area (Å²) in [4.78, 5) is 23.9. The first-order chi connectivity index (χ1) is 11.0. The monoisotopic (exact) mass is 313 g/mol. The summed E-state index contributed by atoms with van der Waals surface area (Å²) in [6.07, 6.45) is 4.47. The summed E-state index contributed by atoms with van der Waals surface area (Å²) in [6.45, 7) is 1.91. The van der Waals surface area contributed by atoms with Crippen LogP contribution in [0.5, 0.6) is 0 Å². The number of benzene rings is 1. The highest BCUT2D eigenvalue weighted by Crippen LogP contribution is 2.30. The zero-order chi connectivity index (χ0) is 16.4. The standard InChI is InChI=1S/C17H19N3O3/c1-12-8-11-20(19-12)14-6-4-13(5-7-14)15(21)18-17(16(22)23)9-2-3-10-17/h4-8,11H,2-3,9-10H2,1H3,(H,18,21)(H,22,23). The van der Waals surface area contributed by atoms with Crippen molar-refractivity contribution in [2.24, 2.45) is 0 Å². The molecule has 1 saturated carbocycles. The van der Waals surface area contributed by atoms with Gasteiger partial charge in [-0.05, 0) is 50.1 Å². The largest absolute Gasteiger partial charge is 0.480 e. The van der Waals surface area contributed by atoms with E-state index >= 15 is 0 Å². The molecule has 1 aromatic carbocycles. The molecule has 6 nitrogen and oxygen atoms in total. The topological polar surface area (TPSA) is 84.2 Å². The lowest BCUT2D eigenvalue weighted by molar-refractivity contribution is -0.144. The Kier molecular flexibility index (Phi) is 3.90. The van der Waals surface area contributed by atoms with Crippen LogP contribution in [0.2, 0.25) is 0 Å². The fourth-order valence-electron chi connectivity index (χ4n) is 2.98. The third kappa shape index (κ3) is 2.97. The van der Waals surface area contributed by atoms with Gasteiger partial charge in [0, 0.05) is 11.8 Å².